The van der Waals surface area contributed by atoms with Crippen LogP contribution < -0.4 is 5.76 Å². The fourth-order valence-electron chi connectivity index (χ4n) is 1.30. The van der Waals surface area contributed by atoms with Crippen LogP contribution in [0.5, 0.6) is 0 Å². The van der Waals surface area contributed by atoms with Crippen LogP contribution in [0.3, 0.4) is 0 Å². The van der Waals surface area contributed by atoms with E-state index in [9.17, 15) is 4.79 Å². The van der Waals surface area contributed by atoms with E-state index in [-0.39, 0.29) is 6.54 Å². The molecule has 0 saturated heterocycles. The van der Waals surface area contributed by atoms with Crippen molar-refractivity contribution in [3.8, 4) is 0 Å². The molecule has 16 heavy (non-hydrogen) atoms. The molecule has 2 rings (SSSR count). The molecule has 0 unspecified atom stereocenters. The van der Waals surface area contributed by atoms with Gasteiger partial charge in [0.25, 0.3) is 0 Å². The summed E-state index contributed by atoms with van der Waals surface area (Å²) in [6.07, 6.45) is 1.52. The molecule has 7 nitrogen and oxygen atoms in total. The third-order valence-electron chi connectivity index (χ3n) is 1.97. The average Bonchev–Trinajstić information content (AvgIpc) is 2.76. The van der Waals surface area contributed by atoms with Crippen molar-refractivity contribution in [1.82, 2.24) is 19.9 Å². The van der Waals surface area contributed by atoms with Crippen molar-refractivity contribution in [2.45, 2.75) is 33.2 Å². The summed E-state index contributed by atoms with van der Waals surface area (Å²) in [5.41, 5.74) is 0. The molecule has 0 bridgehead atoms. The van der Waals surface area contributed by atoms with Gasteiger partial charge in [0.1, 0.15) is 6.54 Å². The van der Waals surface area contributed by atoms with Crippen molar-refractivity contribution in [3.05, 3.63) is 28.2 Å². The van der Waals surface area contributed by atoms with Crippen molar-refractivity contribution < 1.29 is 8.94 Å². The topological polar surface area (TPSA) is 87.0 Å². The monoisotopic (exact) mass is 224 g/mol. The van der Waals surface area contributed by atoms with Gasteiger partial charge >= 0.3 is 5.76 Å². The molecule has 0 aliphatic carbocycles. The standard InChI is InChI=1S/C9H12N4O3/c1-3-4-8-11-13(9(14)15-8)5-7-10-6(2)16-12-7/h3-5H2,1-2H3. The highest BCUT2D eigenvalue weighted by atomic mass is 16.5. The number of nitrogens with zero attached hydrogens (tertiary/aromatic N) is 4. The van der Waals surface area contributed by atoms with Crippen LogP contribution in [0, 0.1) is 6.92 Å². The van der Waals surface area contributed by atoms with E-state index in [2.05, 4.69) is 15.2 Å². The SMILES string of the molecule is CCCc1nn(Cc2noc(C)n2)c(=O)o1. The Labute approximate surface area is 91.1 Å². The van der Waals surface area contributed by atoms with E-state index in [4.69, 9.17) is 8.94 Å². The molecule has 0 radical (unpaired) electrons. The predicted molar refractivity (Wildman–Crippen MR) is 52.9 cm³/mol. The molecule has 0 amide bonds. The van der Waals surface area contributed by atoms with Gasteiger partial charge in [-0.2, -0.15) is 9.67 Å². The second-order valence-corrected chi connectivity index (χ2v) is 3.40. The number of hydrogen-bond donors (Lipinski definition) is 0. The van der Waals surface area contributed by atoms with Gasteiger partial charge in [0.15, 0.2) is 5.82 Å². The smallest absolute Gasteiger partial charge is 0.392 e. The summed E-state index contributed by atoms with van der Waals surface area (Å²) in [6.45, 7) is 3.84. The summed E-state index contributed by atoms with van der Waals surface area (Å²) < 4.78 is 10.9. The van der Waals surface area contributed by atoms with E-state index >= 15 is 0 Å². The molecule has 7 heteroatoms. The molecular weight excluding hydrogens is 212 g/mol. The molecule has 2 aromatic heterocycles. The summed E-state index contributed by atoms with van der Waals surface area (Å²) in [4.78, 5) is 15.4. The van der Waals surface area contributed by atoms with Crippen molar-refractivity contribution in [3.63, 3.8) is 0 Å². The lowest BCUT2D eigenvalue weighted by molar-refractivity contribution is 0.383. The molecule has 0 aliphatic heterocycles. The van der Waals surface area contributed by atoms with E-state index < -0.39 is 5.76 Å². The maximum Gasteiger partial charge on any atom is 0.437 e. The van der Waals surface area contributed by atoms with Gasteiger partial charge in [0.2, 0.25) is 11.8 Å². The second-order valence-electron chi connectivity index (χ2n) is 3.40. The van der Waals surface area contributed by atoms with Gasteiger partial charge in [-0.1, -0.05) is 12.1 Å². The minimum absolute atomic E-state index is 0.170. The number of rotatable bonds is 4. The highest BCUT2D eigenvalue weighted by Crippen LogP contribution is 1.99. The highest BCUT2D eigenvalue weighted by Gasteiger charge is 2.10. The van der Waals surface area contributed by atoms with Gasteiger partial charge in [-0.25, -0.2) is 4.79 Å². The van der Waals surface area contributed by atoms with Crippen LogP contribution in [0.25, 0.3) is 0 Å². The normalized spacial score (nSPS) is 10.9. The minimum atomic E-state index is -0.495. The maximum atomic E-state index is 11.4. The van der Waals surface area contributed by atoms with Gasteiger partial charge in [0, 0.05) is 13.3 Å². The summed E-state index contributed by atoms with van der Waals surface area (Å²) in [5, 5.41) is 7.70. The Hall–Kier alpha value is -1.92. The zero-order chi connectivity index (χ0) is 11.5. The Morgan fingerprint density at radius 1 is 1.44 bits per heavy atom. The van der Waals surface area contributed by atoms with Crippen molar-refractivity contribution in [2.24, 2.45) is 0 Å². The summed E-state index contributed by atoms with van der Waals surface area (Å²) in [5.74, 6) is 0.815. The van der Waals surface area contributed by atoms with Crippen molar-refractivity contribution in [2.75, 3.05) is 0 Å². The predicted octanol–water partition coefficient (Wildman–Crippen LogP) is 0.529. The van der Waals surface area contributed by atoms with Gasteiger partial charge in [-0.15, -0.1) is 5.10 Å². The van der Waals surface area contributed by atoms with Crippen molar-refractivity contribution in [1.29, 1.82) is 0 Å². The molecule has 2 heterocycles. The molecule has 0 spiro atoms. The van der Waals surface area contributed by atoms with E-state index in [0.717, 1.165) is 6.42 Å². The fourth-order valence-corrected chi connectivity index (χ4v) is 1.30. The average molecular weight is 224 g/mol. The largest absolute Gasteiger partial charge is 0.437 e. The zero-order valence-electron chi connectivity index (χ0n) is 9.13. The van der Waals surface area contributed by atoms with Crippen LogP contribution >= 0.6 is 0 Å². The molecule has 0 fully saturated rings. The van der Waals surface area contributed by atoms with E-state index in [1.165, 1.54) is 4.68 Å². The number of aromatic nitrogens is 4. The quantitative estimate of drug-likeness (QED) is 0.752. The van der Waals surface area contributed by atoms with Crippen LogP contribution in [0.15, 0.2) is 13.7 Å². The molecule has 0 aromatic carbocycles. The Morgan fingerprint density at radius 2 is 2.25 bits per heavy atom. The van der Waals surface area contributed by atoms with Crippen LogP contribution in [0.2, 0.25) is 0 Å². The molecule has 2 aromatic rings. The molecular formula is C9H12N4O3. The van der Waals surface area contributed by atoms with Crippen LogP contribution in [-0.4, -0.2) is 19.9 Å². The lowest BCUT2D eigenvalue weighted by Crippen LogP contribution is -2.17. The summed E-state index contributed by atoms with van der Waals surface area (Å²) in [7, 11) is 0. The molecule has 0 saturated carbocycles. The second kappa shape index (κ2) is 4.30. The van der Waals surface area contributed by atoms with Crippen LogP contribution in [0.1, 0.15) is 31.0 Å². The minimum Gasteiger partial charge on any atom is -0.392 e. The number of hydrogen-bond acceptors (Lipinski definition) is 6. The van der Waals surface area contributed by atoms with Gasteiger partial charge in [-0.3, -0.25) is 0 Å². The van der Waals surface area contributed by atoms with Gasteiger partial charge in [-0.05, 0) is 6.42 Å². The maximum absolute atomic E-state index is 11.4. The first kappa shape index (κ1) is 10.6. The van der Waals surface area contributed by atoms with E-state index in [1.54, 1.807) is 6.92 Å². The molecule has 0 aliphatic rings. The highest BCUT2D eigenvalue weighted by molar-refractivity contribution is 4.85. The molecule has 0 atom stereocenters. The number of aryl methyl sites for hydroxylation is 2. The van der Waals surface area contributed by atoms with Gasteiger partial charge < -0.3 is 8.94 Å². The summed E-state index contributed by atoms with van der Waals surface area (Å²) in [6, 6.07) is 0. The third kappa shape index (κ3) is 2.18. The summed E-state index contributed by atoms with van der Waals surface area (Å²) >= 11 is 0. The first-order valence-electron chi connectivity index (χ1n) is 5.05. The fraction of sp³-hybridized carbons (Fsp3) is 0.556. The Morgan fingerprint density at radius 3 is 2.88 bits per heavy atom. The lowest BCUT2D eigenvalue weighted by atomic mass is 10.3. The molecule has 0 N–H and O–H groups in total. The van der Waals surface area contributed by atoms with Crippen molar-refractivity contribution >= 4 is 0 Å². The Kier molecular flexibility index (Phi) is 2.84. The van der Waals surface area contributed by atoms with E-state index in [0.29, 0.717) is 24.0 Å². The lowest BCUT2D eigenvalue weighted by Gasteiger charge is -1.90. The third-order valence-corrected chi connectivity index (χ3v) is 1.97. The van der Waals surface area contributed by atoms with E-state index in [1.807, 2.05) is 6.92 Å². The molecule has 86 valence electrons. The zero-order valence-corrected chi connectivity index (χ0v) is 9.13. The van der Waals surface area contributed by atoms with Gasteiger partial charge in [0.05, 0.1) is 0 Å². The Bertz CT molecular complexity index is 525. The first-order valence-corrected chi connectivity index (χ1v) is 5.05. The Balaban J connectivity index is 2.18. The van der Waals surface area contributed by atoms with Crippen LogP contribution in [-0.2, 0) is 13.0 Å². The first-order chi connectivity index (χ1) is 7.69. The van der Waals surface area contributed by atoms with Crippen LogP contribution in [0.4, 0.5) is 0 Å².